The van der Waals surface area contributed by atoms with E-state index in [9.17, 15) is 16.8 Å². The fourth-order valence-corrected chi connectivity index (χ4v) is 9.71. The quantitative estimate of drug-likeness (QED) is 0.0874. The van der Waals surface area contributed by atoms with Crippen molar-refractivity contribution in [3.8, 4) is 11.5 Å². The molecule has 2 fully saturated rings. The lowest BCUT2D eigenvalue weighted by atomic mass is 9.79. The lowest BCUT2D eigenvalue weighted by molar-refractivity contribution is -0.695. The molecule has 6 heterocycles. The Morgan fingerprint density at radius 1 is 0.562 bits per heavy atom. The minimum absolute atomic E-state index is 0.715. The van der Waals surface area contributed by atoms with Gasteiger partial charge in [0.1, 0.15) is 11.5 Å². The maximum Gasteiger partial charge on any atom is 0.261 e. The average molecular weight is 911 g/mol. The third-order valence-electron chi connectivity index (χ3n) is 12.9. The van der Waals surface area contributed by atoms with Crippen molar-refractivity contribution in [2.75, 3.05) is 66.0 Å². The van der Waals surface area contributed by atoms with Crippen LogP contribution in [-0.4, -0.2) is 112 Å². The van der Waals surface area contributed by atoms with Gasteiger partial charge < -0.3 is 19.4 Å². The van der Waals surface area contributed by atoms with Gasteiger partial charge in [0.05, 0.1) is 50.6 Å². The van der Waals surface area contributed by atoms with Gasteiger partial charge in [-0.05, 0) is 123 Å². The summed E-state index contributed by atoms with van der Waals surface area (Å²) >= 11 is 0. The van der Waals surface area contributed by atoms with Crippen LogP contribution in [0.5, 0.6) is 11.5 Å². The van der Waals surface area contributed by atoms with Crippen LogP contribution in [0, 0.1) is 11.8 Å². The van der Waals surface area contributed by atoms with Gasteiger partial charge in [-0.25, -0.2) is 9.13 Å². The number of pyridine rings is 2. The van der Waals surface area contributed by atoms with Crippen molar-refractivity contribution < 1.29 is 44.5 Å². The van der Waals surface area contributed by atoms with Gasteiger partial charge in [0.25, 0.3) is 20.2 Å². The molecule has 0 unspecified atom stereocenters. The number of likely N-dealkylation sites (tertiary alicyclic amines) is 2. The Morgan fingerprint density at radius 3 is 1.28 bits per heavy atom. The minimum atomic E-state index is -3.67. The third kappa shape index (κ3) is 10.9. The summed E-state index contributed by atoms with van der Waals surface area (Å²) in [6.45, 7) is 9.12. The Labute approximate surface area is 373 Å². The van der Waals surface area contributed by atoms with E-state index in [2.05, 4.69) is 114 Å². The van der Waals surface area contributed by atoms with Gasteiger partial charge in [-0.3, -0.25) is 18.9 Å². The number of aromatic nitrogens is 4. The monoisotopic (exact) mass is 910 g/mol. The van der Waals surface area contributed by atoms with E-state index >= 15 is 0 Å². The molecule has 10 rings (SSSR count). The molecule has 14 nitrogen and oxygen atoms in total. The first-order valence-electron chi connectivity index (χ1n) is 21.7. The number of fused-ring (bicyclic) bond motifs is 10. The van der Waals surface area contributed by atoms with Crippen molar-refractivity contribution in [2.24, 2.45) is 11.8 Å². The highest BCUT2D eigenvalue weighted by molar-refractivity contribution is 7.85. The molecule has 4 aromatic heterocycles. The zero-order chi connectivity index (χ0) is 45.2. The molecular formula is C48H58N6O8S2+2. The van der Waals surface area contributed by atoms with Gasteiger partial charge in [0.2, 0.25) is 0 Å². The van der Waals surface area contributed by atoms with Crippen LogP contribution in [0.2, 0.25) is 0 Å². The highest BCUT2D eigenvalue weighted by Gasteiger charge is 2.30. The summed E-state index contributed by atoms with van der Waals surface area (Å²) in [4.78, 5) is 12.6. The Balaban J connectivity index is 0.000000508. The molecule has 2 saturated heterocycles. The topological polar surface area (TPSA) is 173 Å². The van der Waals surface area contributed by atoms with Crippen LogP contribution in [0.3, 0.4) is 0 Å². The van der Waals surface area contributed by atoms with Crippen molar-refractivity contribution in [3.63, 3.8) is 0 Å². The standard InChI is InChI=1S/C46H48N6O2.2CH4O3S/c1-53-35-5-9-41-37(27-35)45-39-29-51(21-15-33(39)3-7-43(45)47-41)25-23-49-17-11-31(12-18-49)32-13-19-50(20-14-32)24-26-52-22-16-34-4-8-44-46(40(34)30-52)38-28-36(54-2)6-10-42(38)48-44;2*1-5(2,3)4/h3-10,15-16,21-22,27-32H,11-14,17-20,23-26H2,1-2H3;2*1H3,(H,2,3,4)/p+2. The smallest absolute Gasteiger partial charge is 0.261 e. The molecule has 0 spiro atoms. The molecule has 0 amide bonds. The van der Waals surface area contributed by atoms with Crippen LogP contribution < -0.4 is 18.6 Å². The lowest BCUT2D eigenvalue weighted by Gasteiger charge is -2.39. The molecule has 338 valence electrons. The SMILES string of the molecule is COc1ccc2[nH]c3ccc4cc[n+](CCN5CCC(C6CCN(CC[n+]7ccc8ccc9[nH]c%10ccc(OC)cc%10c9c8c7)CC6)CC5)cc4c3c2c1.CS(=O)(=O)O.CS(=O)(=O)O. The van der Waals surface area contributed by atoms with Gasteiger partial charge in [0, 0.05) is 55.7 Å². The van der Waals surface area contributed by atoms with E-state index in [0.29, 0.717) is 12.5 Å². The number of rotatable bonds is 9. The second-order valence-corrected chi connectivity index (χ2v) is 20.2. The second-order valence-electron chi connectivity index (χ2n) is 17.2. The number of aromatic amines is 2. The summed E-state index contributed by atoms with van der Waals surface area (Å²) in [6, 6.07) is 26.0. The fourth-order valence-electron chi connectivity index (χ4n) is 9.71. The van der Waals surface area contributed by atoms with E-state index in [-0.39, 0.29) is 0 Å². The van der Waals surface area contributed by atoms with Crippen LogP contribution in [-0.2, 0) is 33.3 Å². The number of hydrogen-bond donors (Lipinski definition) is 4. The van der Waals surface area contributed by atoms with Crippen molar-refractivity contribution in [1.82, 2.24) is 19.8 Å². The minimum Gasteiger partial charge on any atom is -0.497 e. The maximum absolute atomic E-state index is 9.19. The van der Waals surface area contributed by atoms with Crippen LogP contribution in [0.15, 0.2) is 97.6 Å². The normalized spacial score (nSPS) is 16.0. The summed E-state index contributed by atoms with van der Waals surface area (Å²) < 4.78 is 67.6. The summed E-state index contributed by atoms with van der Waals surface area (Å²) in [7, 11) is -3.86. The van der Waals surface area contributed by atoms with Crippen molar-refractivity contribution in [2.45, 2.75) is 38.8 Å². The highest BCUT2D eigenvalue weighted by atomic mass is 32.2. The maximum atomic E-state index is 9.19. The first-order valence-corrected chi connectivity index (χ1v) is 25.4. The molecule has 4 N–H and O–H groups in total. The van der Waals surface area contributed by atoms with Gasteiger partial charge in [-0.1, -0.05) is 12.1 Å². The van der Waals surface area contributed by atoms with Crippen LogP contribution >= 0.6 is 0 Å². The molecule has 0 aliphatic carbocycles. The Morgan fingerprint density at radius 2 is 0.922 bits per heavy atom. The Bertz CT molecular complexity index is 2940. The average Bonchev–Trinajstić information content (AvgIpc) is 3.85. The van der Waals surface area contributed by atoms with Crippen LogP contribution in [0.25, 0.3) is 65.2 Å². The van der Waals surface area contributed by atoms with Gasteiger partial charge in [-0.15, -0.1) is 0 Å². The summed E-state index contributed by atoms with van der Waals surface area (Å²) in [5, 5.41) is 10.1. The molecule has 2 aliphatic rings. The molecule has 16 heteroatoms. The number of piperidine rings is 2. The number of benzene rings is 4. The molecule has 4 aromatic carbocycles. The molecule has 2 aliphatic heterocycles. The number of H-pyrrole nitrogens is 2. The highest BCUT2D eigenvalue weighted by Crippen LogP contribution is 2.36. The summed E-state index contributed by atoms with van der Waals surface area (Å²) in [6.07, 6.45) is 16.0. The van der Waals surface area contributed by atoms with E-state index in [0.717, 1.165) is 60.5 Å². The van der Waals surface area contributed by atoms with Crippen molar-refractivity contribution in [3.05, 3.63) is 97.6 Å². The predicted octanol–water partition coefficient (Wildman–Crippen LogP) is 6.99. The molecule has 0 radical (unpaired) electrons. The Kier molecular flexibility index (Phi) is 13.4. The number of ether oxygens (including phenoxy) is 2. The van der Waals surface area contributed by atoms with Gasteiger partial charge in [-0.2, -0.15) is 16.8 Å². The number of methoxy groups -OCH3 is 2. The molecule has 0 bridgehead atoms. The van der Waals surface area contributed by atoms with Crippen LogP contribution in [0.1, 0.15) is 25.7 Å². The fraction of sp³-hybridized carbons (Fsp3) is 0.375. The number of hydrogen-bond acceptors (Lipinski definition) is 8. The molecule has 8 aromatic rings. The number of nitrogens with zero attached hydrogens (tertiary/aromatic N) is 4. The first kappa shape index (κ1) is 45.2. The first-order chi connectivity index (χ1) is 30.6. The molecule has 0 saturated carbocycles. The van der Waals surface area contributed by atoms with Crippen molar-refractivity contribution in [1.29, 1.82) is 0 Å². The zero-order valence-corrected chi connectivity index (χ0v) is 38.5. The zero-order valence-electron chi connectivity index (χ0n) is 36.8. The third-order valence-corrected chi connectivity index (χ3v) is 12.9. The largest absolute Gasteiger partial charge is 0.497 e. The second kappa shape index (κ2) is 19.0. The van der Waals surface area contributed by atoms with E-state index < -0.39 is 20.2 Å². The van der Waals surface area contributed by atoms with Gasteiger partial charge >= 0.3 is 0 Å². The molecule has 64 heavy (non-hydrogen) atoms. The number of nitrogens with one attached hydrogen (secondary N) is 2. The Hall–Kier alpha value is -5.36. The molecular weight excluding hydrogens is 853 g/mol. The molecule has 0 atom stereocenters. The van der Waals surface area contributed by atoms with E-state index in [1.807, 2.05) is 12.1 Å². The van der Waals surface area contributed by atoms with Crippen molar-refractivity contribution >= 4 is 85.4 Å². The van der Waals surface area contributed by atoms with E-state index in [4.69, 9.17) is 18.6 Å². The summed E-state index contributed by atoms with van der Waals surface area (Å²) in [5.41, 5.74) is 4.65. The van der Waals surface area contributed by atoms with Gasteiger partial charge in [0.15, 0.2) is 37.9 Å². The lowest BCUT2D eigenvalue weighted by Crippen LogP contribution is -2.46. The predicted molar refractivity (Wildman–Crippen MR) is 253 cm³/mol. The van der Waals surface area contributed by atoms with Crippen LogP contribution in [0.4, 0.5) is 0 Å². The summed E-state index contributed by atoms with van der Waals surface area (Å²) in [5.74, 6) is 3.53. The van der Waals surface area contributed by atoms with E-state index in [1.165, 1.54) is 106 Å². The van der Waals surface area contributed by atoms with E-state index in [1.54, 1.807) is 14.2 Å².